The van der Waals surface area contributed by atoms with E-state index < -0.39 is 0 Å². The van der Waals surface area contributed by atoms with Crippen LogP contribution in [0.1, 0.15) is 35.0 Å². The lowest BCUT2D eigenvalue weighted by molar-refractivity contribution is 0.0740. The van der Waals surface area contributed by atoms with E-state index in [1.807, 2.05) is 27.8 Å². The second kappa shape index (κ2) is 5.04. The molecule has 1 aromatic carbocycles. The standard InChI is InChI=1S/C16H19N3O/c1-2-7-18-11-14(17)8-15(18)16(20)19-9-12-5-3-4-6-13(12)10-19/h3-6,8,11H,2,7,9-10,17H2,1H3. The van der Waals surface area contributed by atoms with E-state index in [0.717, 1.165) is 13.0 Å². The summed E-state index contributed by atoms with van der Waals surface area (Å²) in [5.41, 5.74) is 9.66. The molecule has 0 unspecified atom stereocenters. The van der Waals surface area contributed by atoms with E-state index in [1.165, 1.54) is 11.1 Å². The Hall–Kier alpha value is -2.23. The number of nitrogens with zero attached hydrogens (tertiary/aromatic N) is 2. The molecule has 4 nitrogen and oxygen atoms in total. The molecule has 1 amide bonds. The third-order valence-electron chi connectivity index (χ3n) is 3.73. The van der Waals surface area contributed by atoms with Gasteiger partial charge in [0.15, 0.2) is 0 Å². The third-order valence-corrected chi connectivity index (χ3v) is 3.73. The number of hydrogen-bond donors (Lipinski definition) is 1. The summed E-state index contributed by atoms with van der Waals surface area (Å²) in [5, 5.41) is 0. The van der Waals surface area contributed by atoms with Crippen LogP contribution in [0.15, 0.2) is 36.5 Å². The minimum absolute atomic E-state index is 0.0614. The molecular formula is C16H19N3O. The van der Waals surface area contributed by atoms with E-state index in [4.69, 9.17) is 5.73 Å². The van der Waals surface area contributed by atoms with E-state index in [1.54, 1.807) is 6.07 Å². The molecule has 0 aliphatic carbocycles. The highest BCUT2D eigenvalue weighted by Crippen LogP contribution is 2.25. The number of amides is 1. The van der Waals surface area contributed by atoms with Crippen LogP contribution in [0.3, 0.4) is 0 Å². The number of carbonyl (C=O) groups is 1. The van der Waals surface area contributed by atoms with Crippen LogP contribution in [0, 0.1) is 0 Å². The molecule has 0 spiro atoms. The van der Waals surface area contributed by atoms with Crippen LogP contribution in [0.25, 0.3) is 0 Å². The lowest BCUT2D eigenvalue weighted by atomic mass is 10.1. The highest BCUT2D eigenvalue weighted by atomic mass is 16.2. The van der Waals surface area contributed by atoms with Gasteiger partial charge in [0.2, 0.25) is 0 Å². The predicted molar refractivity (Wildman–Crippen MR) is 79.2 cm³/mol. The zero-order valence-electron chi connectivity index (χ0n) is 11.7. The Morgan fingerprint density at radius 1 is 1.25 bits per heavy atom. The molecular weight excluding hydrogens is 250 g/mol. The fourth-order valence-electron chi connectivity index (χ4n) is 2.78. The van der Waals surface area contributed by atoms with Crippen molar-refractivity contribution in [2.45, 2.75) is 33.0 Å². The van der Waals surface area contributed by atoms with Crippen molar-refractivity contribution >= 4 is 11.6 Å². The van der Waals surface area contributed by atoms with Crippen LogP contribution in [0.4, 0.5) is 5.69 Å². The van der Waals surface area contributed by atoms with Gasteiger partial charge in [0.25, 0.3) is 5.91 Å². The number of rotatable bonds is 3. The quantitative estimate of drug-likeness (QED) is 0.931. The molecule has 0 saturated heterocycles. The van der Waals surface area contributed by atoms with Crippen LogP contribution < -0.4 is 5.73 Å². The van der Waals surface area contributed by atoms with Crippen LogP contribution in [-0.4, -0.2) is 15.4 Å². The fraction of sp³-hybridized carbons (Fsp3) is 0.312. The first-order valence-corrected chi connectivity index (χ1v) is 7.00. The Morgan fingerprint density at radius 2 is 1.90 bits per heavy atom. The summed E-state index contributed by atoms with van der Waals surface area (Å²) in [6.07, 6.45) is 2.83. The van der Waals surface area contributed by atoms with Crippen molar-refractivity contribution in [1.82, 2.24) is 9.47 Å². The monoisotopic (exact) mass is 269 g/mol. The second-order valence-corrected chi connectivity index (χ2v) is 5.28. The molecule has 1 aliphatic heterocycles. The summed E-state index contributed by atoms with van der Waals surface area (Å²) in [4.78, 5) is 14.6. The van der Waals surface area contributed by atoms with Gasteiger partial charge in [0, 0.05) is 25.8 Å². The maximum Gasteiger partial charge on any atom is 0.271 e. The molecule has 0 saturated carbocycles. The molecule has 4 heteroatoms. The van der Waals surface area contributed by atoms with Crippen molar-refractivity contribution in [3.63, 3.8) is 0 Å². The molecule has 3 rings (SSSR count). The minimum atomic E-state index is 0.0614. The van der Waals surface area contributed by atoms with Gasteiger partial charge in [-0.05, 0) is 23.6 Å². The first kappa shape index (κ1) is 12.8. The molecule has 0 radical (unpaired) electrons. The number of fused-ring (bicyclic) bond motifs is 1. The van der Waals surface area contributed by atoms with Crippen molar-refractivity contribution in [3.05, 3.63) is 53.3 Å². The Labute approximate surface area is 118 Å². The summed E-state index contributed by atoms with van der Waals surface area (Å²) < 4.78 is 1.96. The molecule has 2 aromatic rings. The SMILES string of the molecule is CCCn1cc(N)cc1C(=O)N1Cc2ccccc2C1. The molecule has 2 heterocycles. The van der Waals surface area contributed by atoms with Gasteiger partial charge in [-0.25, -0.2) is 0 Å². The number of hydrogen-bond acceptors (Lipinski definition) is 2. The number of nitrogen functional groups attached to an aromatic ring is 1. The van der Waals surface area contributed by atoms with Crippen molar-refractivity contribution in [2.75, 3.05) is 5.73 Å². The summed E-state index contributed by atoms with van der Waals surface area (Å²) in [5.74, 6) is 0.0614. The van der Waals surface area contributed by atoms with Crippen molar-refractivity contribution < 1.29 is 4.79 Å². The summed E-state index contributed by atoms with van der Waals surface area (Å²) in [6, 6.07) is 9.99. The third kappa shape index (κ3) is 2.18. The van der Waals surface area contributed by atoms with E-state index in [9.17, 15) is 4.79 Å². The summed E-state index contributed by atoms with van der Waals surface area (Å²) >= 11 is 0. The molecule has 0 fully saturated rings. The van der Waals surface area contributed by atoms with Crippen molar-refractivity contribution in [3.8, 4) is 0 Å². The number of aromatic nitrogens is 1. The smallest absolute Gasteiger partial charge is 0.271 e. The van der Waals surface area contributed by atoms with Crippen LogP contribution in [0.5, 0.6) is 0 Å². The Balaban J connectivity index is 1.84. The fourth-order valence-corrected chi connectivity index (χ4v) is 2.78. The number of benzene rings is 1. The van der Waals surface area contributed by atoms with Gasteiger partial charge >= 0.3 is 0 Å². The molecule has 2 N–H and O–H groups in total. The highest BCUT2D eigenvalue weighted by Gasteiger charge is 2.25. The normalized spacial score (nSPS) is 13.6. The molecule has 1 aromatic heterocycles. The number of carbonyl (C=O) groups excluding carboxylic acids is 1. The molecule has 104 valence electrons. The Bertz CT molecular complexity index is 620. The van der Waals surface area contributed by atoms with Gasteiger partial charge in [0.1, 0.15) is 5.69 Å². The zero-order valence-corrected chi connectivity index (χ0v) is 11.7. The Morgan fingerprint density at radius 3 is 2.50 bits per heavy atom. The minimum Gasteiger partial charge on any atom is -0.397 e. The predicted octanol–water partition coefficient (Wildman–Crippen LogP) is 2.64. The molecule has 20 heavy (non-hydrogen) atoms. The Kier molecular flexibility index (Phi) is 3.22. The van der Waals surface area contributed by atoms with Crippen molar-refractivity contribution in [1.29, 1.82) is 0 Å². The average molecular weight is 269 g/mol. The number of anilines is 1. The second-order valence-electron chi connectivity index (χ2n) is 5.28. The molecule has 0 bridgehead atoms. The van der Waals surface area contributed by atoms with Crippen molar-refractivity contribution in [2.24, 2.45) is 0 Å². The lowest BCUT2D eigenvalue weighted by Crippen LogP contribution is -2.27. The van der Waals surface area contributed by atoms with Gasteiger partial charge in [-0.2, -0.15) is 0 Å². The van der Waals surface area contributed by atoms with E-state index in [2.05, 4.69) is 19.1 Å². The zero-order chi connectivity index (χ0) is 14.1. The topological polar surface area (TPSA) is 51.3 Å². The van der Waals surface area contributed by atoms with Crippen LogP contribution in [0.2, 0.25) is 0 Å². The summed E-state index contributed by atoms with van der Waals surface area (Å²) in [7, 11) is 0. The van der Waals surface area contributed by atoms with Gasteiger partial charge in [0.05, 0.1) is 5.69 Å². The average Bonchev–Trinajstić information content (AvgIpc) is 3.02. The van der Waals surface area contributed by atoms with Gasteiger partial charge in [-0.15, -0.1) is 0 Å². The lowest BCUT2D eigenvalue weighted by Gasteiger charge is -2.16. The maximum absolute atomic E-state index is 12.7. The van der Waals surface area contributed by atoms with Gasteiger partial charge in [-0.3, -0.25) is 4.79 Å². The van der Waals surface area contributed by atoms with E-state index in [0.29, 0.717) is 24.5 Å². The first-order valence-electron chi connectivity index (χ1n) is 7.00. The summed E-state index contributed by atoms with van der Waals surface area (Å²) in [6.45, 7) is 4.29. The van der Waals surface area contributed by atoms with Gasteiger partial charge in [-0.1, -0.05) is 31.2 Å². The number of aryl methyl sites for hydroxylation is 1. The maximum atomic E-state index is 12.7. The van der Waals surface area contributed by atoms with Crippen LogP contribution >= 0.6 is 0 Å². The highest BCUT2D eigenvalue weighted by molar-refractivity contribution is 5.94. The van der Waals surface area contributed by atoms with Crippen LogP contribution in [-0.2, 0) is 19.6 Å². The van der Waals surface area contributed by atoms with E-state index in [-0.39, 0.29) is 5.91 Å². The van der Waals surface area contributed by atoms with Gasteiger partial charge < -0.3 is 15.2 Å². The molecule has 1 aliphatic rings. The molecule has 0 atom stereocenters. The van der Waals surface area contributed by atoms with E-state index >= 15 is 0 Å². The first-order chi connectivity index (χ1) is 9.69. The largest absolute Gasteiger partial charge is 0.397 e. The number of nitrogens with two attached hydrogens (primary N) is 1.